The summed E-state index contributed by atoms with van der Waals surface area (Å²) in [4.78, 5) is 23.9. The smallest absolute Gasteiger partial charge is 0.337 e. The first kappa shape index (κ1) is 17.8. The summed E-state index contributed by atoms with van der Waals surface area (Å²) in [5.74, 6) is -3.80. The lowest BCUT2D eigenvalue weighted by Crippen LogP contribution is -2.15. The van der Waals surface area contributed by atoms with Gasteiger partial charge in [0.15, 0.2) is 11.5 Å². The van der Waals surface area contributed by atoms with Crippen LogP contribution >= 0.6 is 0 Å². The Morgan fingerprint density at radius 3 is 2.04 bits per heavy atom. The Balaban J connectivity index is 2.01. The molecular formula is C20H15NO6. The molecule has 0 heterocycles. The Bertz CT molecular complexity index is 1030. The zero-order valence-electron chi connectivity index (χ0n) is 13.9. The van der Waals surface area contributed by atoms with Crippen LogP contribution in [0.4, 0.5) is 5.69 Å². The number of carbonyl (C=O) groups excluding carboxylic acids is 1. The van der Waals surface area contributed by atoms with E-state index in [0.717, 1.165) is 17.7 Å². The van der Waals surface area contributed by atoms with E-state index in [0.29, 0.717) is 5.56 Å². The number of aromatic carboxylic acids is 1. The first-order chi connectivity index (χ1) is 12.9. The molecule has 0 spiro atoms. The molecule has 0 aliphatic rings. The number of amides is 1. The molecule has 0 saturated carbocycles. The summed E-state index contributed by atoms with van der Waals surface area (Å²) >= 11 is 0. The van der Waals surface area contributed by atoms with Gasteiger partial charge >= 0.3 is 5.97 Å². The van der Waals surface area contributed by atoms with Crippen molar-refractivity contribution in [1.29, 1.82) is 0 Å². The second kappa shape index (κ2) is 7.09. The first-order valence-corrected chi connectivity index (χ1v) is 7.86. The van der Waals surface area contributed by atoms with Gasteiger partial charge in [-0.25, -0.2) is 4.79 Å². The summed E-state index contributed by atoms with van der Waals surface area (Å²) in [5, 5.41) is 40.5. The van der Waals surface area contributed by atoms with Crippen molar-refractivity contribution in [2.75, 3.05) is 5.32 Å². The third-order valence-electron chi connectivity index (χ3n) is 3.94. The number of hydrogen-bond donors (Lipinski definition) is 5. The van der Waals surface area contributed by atoms with Gasteiger partial charge in [-0.05, 0) is 23.3 Å². The SMILES string of the molecule is O=C(Nc1cc(-c2ccccc2)ccc1C(=O)O)c1cc(O)c(O)cc1O. The number of carbonyl (C=O) groups is 2. The lowest BCUT2D eigenvalue weighted by Gasteiger charge is -2.12. The first-order valence-electron chi connectivity index (χ1n) is 7.86. The standard InChI is InChI=1S/C20H15NO6/c22-16-10-18(24)17(23)9-14(16)19(25)21-15-8-12(6-7-13(15)20(26)27)11-4-2-1-3-5-11/h1-10,22-24H,(H,21,25)(H,26,27). The van der Waals surface area contributed by atoms with E-state index in [1.54, 1.807) is 6.07 Å². The predicted molar refractivity (Wildman–Crippen MR) is 98.2 cm³/mol. The maximum atomic E-state index is 12.5. The molecule has 0 aliphatic heterocycles. The van der Waals surface area contributed by atoms with E-state index < -0.39 is 29.1 Å². The van der Waals surface area contributed by atoms with Crippen LogP contribution < -0.4 is 5.32 Å². The van der Waals surface area contributed by atoms with Crippen LogP contribution in [0.1, 0.15) is 20.7 Å². The van der Waals surface area contributed by atoms with E-state index in [2.05, 4.69) is 5.32 Å². The number of carboxylic acids is 1. The van der Waals surface area contributed by atoms with E-state index in [-0.39, 0.29) is 16.8 Å². The Kier molecular flexibility index (Phi) is 4.68. The molecule has 0 aromatic heterocycles. The Morgan fingerprint density at radius 2 is 1.37 bits per heavy atom. The lowest BCUT2D eigenvalue weighted by atomic mass is 10.0. The molecule has 0 unspecified atom stereocenters. The van der Waals surface area contributed by atoms with Crippen molar-refractivity contribution in [2.45, 2.75) is 0 Å². The Hall–Kier alpha value is -4.00. The fraction of sp³-hybridized carbons (Fsp3) is 0. The number of phenols is 3. The molecule has 7 nitrogen and oxygen atoms in total. The molecule has 3 aromatic rings. The van der Waals surface area contributed by atoms with Gasteiger partial charge in [-0.3, -0.25) is 4.79 Å². The van der Waals surface area contributed by atoms with Crippen LogP contribution in [0.5, 0.6) is 17.2 Å². The number of benzene rings is 3. The number of hydrogen-bond acceptors (Lipinski definition) is 5. The van der Waals surface area contributed by atoms with E-state index >= 15 is 0 Å². The van der Waals surface area contributed by atoms with Crippen LogP contribution in [0.2, 0.25) is 0 Å². The molecule has 5 N–H and O–H groups in total. The highest BCUT2D eigenvalue weighted by atomic mass is 16.4. The predicted octanol–water partition coefficient (Wildman–Crippen LogP) is 3.42. The van der Waals surface area contributed by atoms with Gasteiger partial charge in [0.05, 0.1) is 16.8 Å². The molecular weight excluding hydrogens is 350 g/mol. The second-order valence-electron chi connectivity index (χ2n) is 5.74. The lowest BCUT2D eigenvalue weighted by molar-refractivity contribution is 0.0698. The zero-order chi connectivity index (χ0) is 19.6. The molecule has 27 heavy (non-hydrogen) atoms. The van der Waals surface area contributed by atoms with E-state index in [1.165, 1.54) is 12.1 Å². The third kappa shape index (κ3) is 3.67. The molecule has 0 radical (unpaired) electrons. The second-order valence-corrected chi connectivity index (χ2v) is 5.74. The van der Waals surface area contributed by atoms with Gasteiger partial charge in [0.2, 0.25) is 0 Å². The number of carboxylic acid groups (broad SMARTS) is 1. The summed E-state index contributed by atoms with van der Waals surface area (Å²) in [5.41, 5.74) is 1.10. The maximum absolute atomic E-state index is 12.5. The van der Waals surface area contributed by atoms with Crippen molar-refractivity contribution >= 4 is 17.6 Å². The van der Waals surface area contributed by atoms with Crippen LogP contribution in [-0.4, -0.2) is 32.3 Å². The number of nitrogens with one attached hydrogen (secondary N) is 1. The zero-order valence-corrected chi connectivity index (χ0v) is 13.9. The van der Waals surface area contributed by atoms with E-state index in [9.17, 15) is 30.0 Å². The van der Waals surface area contributed by atoms with Crippen LogP contribution in [0.15, 0.2) is 60.7 Å². The largest absolute Gasteiger partial charge is 0.507 e. The molecule has 0 bridgehead atoms. The van der Waals surface area contributed by atoms with Gasteiger partial charge < -0.3 is 25.7 Å². The van der Waals surface area contributed by atoms with Gasteiger partial charge in [0.25, 0.3) is 5.91 Å². The van der Waals surface area contributed by atoms with Crippen molar-refractivity contribution in [2.24, 2.45) is 0 Å². The fourth-order valence-corrected chi connectivity index (χ4v) is 2.58. The van der Waals surface area contributed by atoms with Gasteiger partial charge in [0.1, 0.15) is 5.75 Å². The fourth-order valence-electron chi connectivity index (χ4n) is 2.58. The minimum Gasteiger partial charge on any atom is -0.507 e. The van der Waals surface area contributed by atoms with Crippen molar-refractivity contribution in [3.63, 3.8) is 0 Å². The molecule has 3 aromatic carbocycles. The van der Waals surface area contributed by atoms with Crippen LogP contribution in [-0.2, 0) is 0 Å². The Morgan fingerprint density at radius 1 is 0.704 bits per heavy atom. The molecule has 0 saturated heterocycles. The highest BCUT2D eigenvalue weighted by molar-refractivity contribution is 6.09. The van der Waals surface area contributed by atoms with Gasteiger partial charge in [-0.15, -0.1) is 0 Å². The minimum absolute atomic E-state index is 0.0285. The molecule has 7 heteroatoms. The summed E-state index contributed by atoms with van der Waals surface area (Å²) in [6.45, 7) is 0. The summed E-state index contributed by atoms with van der Waals surface area (Å²) in [7, 11) is 0. The quantitative estimate of drug-likeness (QED) is 0.356. The van der Waals surface area contributed by atoms with E-state index in [1.807, 2.05) is 30.3 Å². The number of anilines is 1. The highest BCUT2D eigenvalue weighted by Gasteiger charge is 2.19. The van der Waals surface area contributed by atoms with Gasteiger partial charge in [0, 0.05) is 12.1 Å². The summed E-state index contributed by atoms with van der Waals surface area (Å²) in [6, 6.07) is 15.4. The van der Waals surface area contributed by atoms with Crippen LogP contribution in [0.3, 0.4) is 0 Å². The van der Waals surface area contributed by atoms with Crippen LogP contribution in [0, 0.1) is 0 Å². The molecule has 1 amide bonds. The normalized spacial score (nSPS) is 10.4. The van der Waals surface area contributed by atoms with Crippen molar-refractivity contribution in [1.82, 2.24) is 0 Å². The molecule has 136 valence electrons. The van der Waals surface area contributed by atoms with Crippen molar-refractivity contribution < 1.29 is 30.0 Å². The molecule has 0 fully saturated rings. The topological polar surface area (TPSA) is 127 Å². The average molecular weight is 365 g/mol. The maximum Gasteiger partial charge on any atom is 0.337 e. The molecule has 0 aliphatic carbocycles. The summed E-state index contributed by atoms with van der Waals surface area (Å²) < 4.78 is 0. The average Bonchev–Trinajstić information content (AvgIpc) is 2.65. The Labute approximate surface area is 153 Å². The highest BCUT2D eigenvalue weighted by Crippen LogP contribution is 2.33. The molecule has 3 rings (SSSR count). The van der Waals surface area contributed by atoms with Crippen LogP contribution in [0.25, 0.3) is 11.1 Å². The molecule has 0 atom stereocenters. The third-order valence-corrected chi connectivity index (χ3v) is 3.94. The summed E-state index contributed by atoms with van der Waals surface area (Å²) in [6.07, 6.45) is 0. The number of phenolic OH excluding ortho intramolecular Hbond substituents is 3. The van der Waals surface area contributed by atoms with E-state index in [4.69, 9.17) is 0 Å². The minimum atomic E-state index is -1.23. The monoisotopic (exact) mass is 365 g/mol. The van der Waals surface area contributed by atoms with Crippen molar-refractivity contribution in [3.05, 3.63) is 71.8 Å². The number of aromatic hydroxyl groups is 3. The number of rotatable bonds is 4. The van der Waals surface area contributed by atoms with Gasteiger partial charge in [-0.1, -0.05) is 36.4 Å². The van der Waals surface area contributed by atoms with Gasteiger partial charge in [-0.2, -0.15) is 0 Å². The van der Waals surface area contributed by atoms with Crippen molar-refractivity contribution in [3.8, 4) is 28.4 Å².